The van der Waals surface area contributed by atoms with E-state index < -0.39 is 11.8 Å². The average molecular weight is 428 g/mol. The smallest absolute Gasteiger partial charge is 0.255 e. The highest BCUT2D eigenvalue weighted by atomic mass is 16.5. The van der Waals surface area contributed by atoms with Gasteiger partial charge in [-0.25, -0.2) is 0 Å². The van der Waals surface area contributed by atoms with Gasteiger partial charge in [0.1, 0.15) is 5.75 Å². The van der Waals surface area contributed by atoms with E-state index in [9.17, 15) is 9.59 Å². The SMILES string of the molecule is NC(=O)COc1cccc2c1c1c(C(N)=O)c3c(cc1n2Cc1ccccc1)CCCC3. The molecule has 2 amide bonds. The number of aromatic nitrogens is 1. The third kappa shape index (κ3) is 3.38. The number of carbonyl (C=O) groups excluding carboxylic acids is 2. The molecule has 0 saturated carbocycles. The summed E-state index contributed by atoms with van der Waals surface area (Å²) in [5, 5.41) is 1.59. The Kier molecular flexibility index (Phi) is 5.05. The minimum Gasteiger partial charge on any atom is -0.483 e. The van der Waals surface area contributed by atoms with Gasteiger partial charge in [0.15, 0.2) is 6.61 Å². The third-order valence-corrected chi connectivity index (χ3v) is 6.27. The minimum absolute atomic E-state index is 0.235. The lowest BCUT2D eigenvalue weighted by Gasteiger charge is -2.20. The number of nitrogens with zero attached hydrogens (tertiary/aromatic N) is 1. The minimum atomic E-state index is -0.553. The van der Waals surface area contributed by atoms with Gasteiger partial charge in [-0.3, -0.25) is 9.59 Å². The van der Waals surface area contributed by atoms with Crippen LogP contribution in [0.5, 0.6) is 5.75 Å². The lowest BCUT2D eigenvalue weighted by molar-refractivity contribution is -0.119. The van der Waals surface area contributed by atoms with Crippen LogP contribution >= 0.6 is 0 Å². The van der Waals surface area contributed by atoms with Gasteiger partial charge in [-0.05, 0) is 60.6 Å². The molecule has 1 heterocycles. The molecule has 0 spiro atoms. The van der Waals surface area contributed by atoms with Crippen molar-refractivity contribution in [3.05, 3.63) is 76.9 Å². The zero-order valence-electron chi connectivity index (χ0n) is 17.8. The van der Waals surface area contributed by atoms with Crippen molar-refractivity contribution in [3.8, 4) is 5.75 Å². The highest BCUT2D eigenvalue weighted by Gasteiger charge is 2.26. The Bertz CT molecular complexity index is 1360. The average Bonchev–Trinajstić information content (AvgIpc) is 3.10. The molecule has 1 aromatic heterocycles. The molecule has 6 nitrogen and oxygen atoms in total. The van der Waals surface area contributed by atoms with Crippen LogP contribution in [0.25, 0.3) is 21.8 Å². The Morgan fingerprint density at radius 1 is 0.906 bits per heavy atom. The van der Waals surface area contributed by atoms with Gasteiger partial charge in [-0.2, -0.15) is 0 Å². The largest absolute Gasteiger partial charge is 0.483 e. The van der Waals surface area contributed by atoms with Gasteiger partial charge in [-0.15, -0.1) is 0 Å². The van der Waals surface area contributed by atoms with Crippen LogP contribution in [-0.4, -0.2) is 23.0 Å². The Morgan fingerprint density at radius 2 is 1.69 bits per heavy atom. The Balaban J connectivity index is 1.87. The van der Waals surface area contributed by atoms with Gasteiger partial charge in [0.05, 0.1) is 22.0 Å². The molecule has 0 saturated heterocycles. The van der Waals surface area contributed by atoms with E-state index in [0.29, 0.717) is 17.9 Å². The first-order valence-electron chi connectivity index (χ1n) is 10.9. The maximum absolute atomic E-state index is 12.8. The summed E-state index contributed by atoms with van der Waals surface area (Å²) in [6.07, 6.45) is 3.90. The van der Waals surface area contributed by atoms with Crippen molar-refractivity contribution >= 4 is 33.6 Å². The lowest BCUT2D eigenvalue weighted by atomic mass is 9.85. The second kappa shape index (κ2) is 8.04. The number of benzene rings is 3. The summed E-state index contributed by atoms with van der Waals surface area (Å²) in [7, 11) is 0. The number of ether oxygens (including phenoxy) is 1. The van der Waals surface area contributed by atoms with E-state index in [2.05, 4.69) is 22.8 Å². The molecule has 3 aromatic carbocycles. The molecule has 4 aromatic rings. The van der Waals surface area contributed by atoms with Crippen molar-refractivity contribution in [3.63, 3.8) is 0 Å². The molecule has 0 unspecified atom stereocenters. The van der Waals surface area contributed by atoms with Crippen LogP contribution in [0.1, 0.15) is 39.9 Å². The summed E-state index contributed by atoms with van der Waals surface area (Å²) in [5.74, 6) is -0.462. The first-order chi connectivity index (χ1) is 15.5. The van der Waals surface area contributed by atoms with Crippen LogP contribution in [0.2, 0.25) is 0 Å². The van der Waals surface area contributed by atoms with E-state index in [0.717, 1.165) is 58.6 Å². The third-order valence-electron chi connectivity index (χ3n) is 6.27. The number of hydrogen-bond donors (Lipinski definition) is 2. The molecule has 32 heavy (non-hydrogen) atoms. The number of aryl methyl sites for hydroxylation is 1. The lowest BCUT2D eigenvalue weighted by Crippen LogP contribution is -2.20. The monoisotopic (exact) mass is 427 g/mol. The topological polar surface area (TPSA) is 100 Å². The second-order valence-electron chi connectivity index (χ2n) is 8.33. The summed E-state index contributed by atoms with van der Waals surface area (Å²) in [5.41, 5.74) is 17.1. The molecule has 0 radical (unpaired) electrons. The van der Waals surface area contributed by atoms with Crippen molar-refractivity contribution in [2.45, 2.75) is 32.2 Å². The van der Waals surface area contributed by atoms with E-state index >= 15 is 0 Å². The predicted octanol–water partition coefficient (Wildman–Crippen LogP) is 3.68. The molecule has 0 aliphatic heterocycles. The molecule has 162 valence electrons. The van der Waals surface area contributed by atoms with Crippen LogP contribution in [-0.2, 0) is 24.2 Å². The molecule has 1 aliphatic carbocycles. The summed E-state index contributed by atoms with van der Waals surface area (Å²) < 4.78 is 8.00. The van der Waals surface area contributed by atoms with E-state index in [4.69, 9.17) is 16.2 Å². The fraction of sp³-hybridized carbons (Fsp3) is 0.231. The fourth-order valence-corrected chi connectivity index (χ4v) is 4.96. The molecule has 1 aliphatic rings. The fourth-order valence-electron chi connectivity index (χ4n) is 4.96. The van der Waals surface area contributed by atoms with Gasteiger partial charge in [0.2, 0.25) is 5.91 Å². The van der Waals surface area contributed by atoms with Crippen molar-refractivity contribution in [2.24, 2.45) is 11.5 Å². The number of nitrogens with two attached hydrogens (primary N) is 2. The van der Waals surface area contributed by atoms with E-state index in [1.165, 1.54) is 5.56 Å². The van der Waals surface area contributed by atoms with Crippen LogP contribution in [0.4, 0.5) is 0 Å². The maximum atomic E-state index is 12.8. The first kappa shape index (κ1) is 20.1. The molecular formula is C26H25N3O3. The van der Waals surface area contributed by atoms with E-state index in [1.54, 1.807) is 0 Å². The van der Waals surface area contributed by atoms with Gasteiger partial charge in [0.25, 0.3) is 5.91 Å². The zero-order valence-corrected chi connectivity index (χ0v) is 17.8. The number of rotatable bonds is 6. The molecular weight excluding hydrogens is 402 g/mol. The summed E-state index contributed by atoms with van der Waals surface area (Å²) in [6, 6.07) is 18.1. The van der Waals surface area contributed by atoms with Gasteiger partial charge >= 0.3 is 0 Å². The molecule has 0 fully saturated rings. The van der Waals surface area contributed by atoms with Crippen LogP contribution in [0.15, 0.2) is 54.6 Å². The highest BCUT2D eigenvalue weighted by molar-refractivity contribution is 6.20. The van der Waals surface area contributed by atoms with Crippen LogP contribution < -0.4 is 16.2 Å². The normalized spacial score (nSPS) is 13.2. The second-order valence-corrected chi connectivity index (χ2v) is 8.33. The molecule has 4 N–H and O–H groups in total. The highest BCUT2D eigenvalue weighted by Crippen LogP contribution is 2.41. The van der Waals surface area contributed by atoms with E-state index in [1.807, 2.05) is 36.4 Å². The number of fused-ring (bicyclic) bond motifs is 4. The summed E-state index contributed by atoms with van der Waals surface area (Å²) in [4.78, 5) is 24.2. The van der Waals surface area contributed by atoms with Crippen molar-refractivity contribution in [1.29, 1.82) is 0 Å². The van der Waals surface area contributed by atoms with Gasteiger partial charge in [-0.1, -0.05) is 36.4 Å². The number of hydrogen-bond acceptors (Lipinski definition) is 3. The number of primary amides is 2. The standard InChI is InChI=1S/C26H25N3O3/c27-22(30)15-32-21-12-6-11-19-24(21)25-20(29(19)14-16-7-2-1-3-8-16)13-17-9-4-5-10-18(17)23(25)26(28)31/h1-3,6-8,11-13H,4-5,9-10,14-15H2,(H2,27,30)(H2,28,31). The summed E-state index contributed by atoms with van der Waals surface area (Å²) in [6.45, 7) is 0.401. The Hall–Kier alpha value is -3.80. The van der Waals surface area contributed by atoms with E-state index in [-0.39, 0.29) is 6.61 Å². The molecule has 5 rings (SSSR count). The van der Waals surface area contributed by atoms with Crippen molar-refractivity contribution in [2.75, 3.05) is 6.61 Å². The Morgan fingerprint density at radius 3 is 2.44 bits per heavy atom. The maximum Gasteiger partial charge on any atom is 0.255 e. The van der Waals surface area contributed by atoms with Crippen molar-refractivity contribution in [1.82, 2.24) is 4.57 Å². The predicted molar refractivity (Wildman–Crippen MR) is 125 cm³/mol. The molecule has 6 heteroatoms. The zero-order chi connectivity index (χ0) is 22.2. The number of carbonyl (C=O) groups is 2. The van der Waals surface area contributed by atoms with Crippen LogP contribution in [0, 0.1) is 0 Å². The van der Waals surface area contributed by atoms with Crippen LogP contribution in [0.3, 0.4) is 0 Å². The number of amides is 2. The van der Waals surface area contributed by atoms with Gasteiger partial charge < -0.3 is 20.8 Å². The summed E-state index contributed by atoms with van der Waals surface area (Å²) >= 11 is 0. The van der Waals surface area contributed by atoms with Gasteiger partial charge in [0, 0.05) is 11.9 Å². The van der Waals surface area contributed by atoms with Crippen molar-refractivity contribution < 1.29 is 14.3 Å². The quantitative estimate of drug-likeness (QED) is 0.491. The first-order valence-corrected chi connectivity index (χ1v) is 10.9. The molecule has 0 atom stereocenters. The Labute approximate surface area is 185 Å². The molecule has 0 bridgehead atoms.